The third kappa shape index (κ3) is 17.2. The summed E-state index contributed by atoms with van der Waals surface area (Å²) in [7, 11) is -1.67. The molecule has 3 unspecified atom stereocenters. The van der Waals surface area contributed by atoms with E-state index in [2.05, 4.69) is 20.9 Å². The summed E-state index contributed by atoms with van der Waals surface area (Å²) in [5.41, 5.74) is 0. The summed E-state index contributed by atoms with van der Waals surface area (Å²) in [4.78, 5) is 10.1. The van der Waals surface area contributed by atoms with E-state index in [1.54, 1.807) is 0 Å². The summed E-state index contributed by atoms with van der Waals surface area (Å²) in [5, 5.41) is 0. The number of unbranched alkanes of at least 4 members (excludes halogenated alkanes) is 15. The highest BCUT2D eigenvalue weighted by Crippen LogP contribution is 2.46. The molecule has 3 atom stereocenters. The van der Waals surface area contributed by atoms with Crippen LogP contribution >= 0.6 is 7.82 Å². The molecule has 0 aromatic heterocycles. The third-order valence-corrected chi connectivity index (χ3v) is 8.59. The van der Waals surface area contributed by atoms with Crippen LogP contribution in [0, 0.1) is 0 Å². The molecule has 1 fully saturated rings. The summed E-state index contributed by atoms with van der Waals surface area (Å²) >= 11 is 0. The molecular formula is C27H57NO4P+. The van der Waals surface area contributed by atoms with Crippen molar-refractivity contribution in [2.75, 3.05) is 33.3 Å². The molecule has 0 spiro atoms. The van der Waals surface area contributed by atoms with Crippen molar-refractivity contribution in [2.24, 2.45) is 0 Å². The van der Waals surface area contributed by atoms with Crippen molar-refractivity contribution in [3.63, 3.8) is 0 Å². The molecule has 0 aliphatic carbocycles. The molecule has 0 saturated carbocycles. The Labute approximate surface area is 206 Å². The van der Waals surface area contributed by atoms with Gasteiger partial charge in [-0.2, -0.15) is 0 Å². The summed E-state index contributed by atoms with van der Waals surface area (Å²) in [6.45, 7) is 8.02. The summed E-state index contributed by atoms with van der Waals surface area (Å²) in [6.07, 6.45) is 23.6. The Bertz CT molecular complexity index is 505. The number of quaternary nitrogens is 1. The lowest BCUT2D eigenvalue weighted by molar-refractivity contribution is -0.907. The predicted molar refractivity (Wildman–Crippen MR) is 141 cm³/mol. The molecule has 1 aliphatic rings. The summed E-state index contributed by atoms with van der Waals surface area (Å²) in [5.74, 6) is 0. The average Bonchev–Trinajstić information content (AvgIpc) is 2.97. The van der Waals surface area contributed by atoms with E-state index in [0.29, 0.717) is 6.61 Å². The number of hydrogen-bond donors (Lipinski definition) is 1. The van der Waals surface area contributed by atoms with Crippen LogP contribution in [0.3, 0.4) is 0 Å². The maximum absolute atomic E-state index is 12.3. The average molecular weight is 491 g/mol. The van der Waals surface area contributed by atoms with E-state index in [0.717, 1.165) is 56.2 Å². The van der Waals surface area contributed by atoms with E-state index in [-0.39, 0.29) is 6.10 Å². The Balaban J connectivity index is 1.90. The van der Waals surface area contributed by atoms with Gasteiger partial charge in [0.2, 0.25) is 0 Å². The van der Waals surface area contributed by atoms with Crippen molar-refractivity contribution in [3.8, 4) is 0 Å². The number of nitrogens with zero attached hydrogens (tertiary/aromatic N) is 1. The second-order valence-corrected chi connectivity index (χ2v) is 12.1. The maximum Gasteiger partial charge on any atom is 0.472 e. The fraction of sp³-hybridized carbons (Fsp3) is 1.00. The van der Waals surface area contributed by atoms with Crippen LogP contribution < -0.4 is 0 Å². The van der Waals surface area contributed by atoms with Crippen LogP contribution in [0.5, 0.6) is 0 Å². The quantitative estimate of drug-likeness (QED) is 0.0997. The molecule has 0 bridgehead atoms. The minimum Gasteiger partial charge on any atom is -0.326 e. The highest BCUT2D eigenvalue weighted by atomic mass is 31.2. The van der Waals surface area contributed by atoms with Crippen molar-refractivity contribution in [1.82, 2.24) is 0 Å². The lowest BCUT2D eigenvalue weighted by Gasteiger charge is -2.32. The lowest BCUT2D eigenvalue weighted by Crippen LogP contribution is -2.44. The highest BCUT2D eigenvalue weighted by Gasteiger charge is 2.31. The van der Waals surface area contributed by atoms with Gasteiger partial charge in [-0.3, -0.25) is 9.05 Å². The molecule has 0 radical (unpaired) electrons. The third-order valence-electron chi connectivity index (χ3n) is 7.51. The zero-order chi connectivity index (χ0) is 24.3. The van der Waals surface area contributed by atoms with Crippen molar-refractivity contribution in [1.29, 1.82) is 0 Å². The van der Waals surface area contributed by atoms with Gasteiger partial charge >= 0.3 is 7.82 Å². The molecule has 0 aromatic rings. The first-order chi connectivity index (χ1) is 15.9. The van der Waals surface area contributed by atoms with Crippen molar-refractivity contribution < 1.29 is 23.0 Å². The molecule has 1 heterocycles. The molecule has 0 amide bonds. The van der Waals surface area contributed by atoms with Gasteiger partial charge in [-0.15, -0.1) is 0 Å². The van der Waals surface area contributed by atoms with Gasteiger partial charge in [-0.1, -0.05) is 103 Å². The largest absolute Gasteiger partial charge is 0.472 e. The van der Waals surface area contributed by atoms with Crippen molar-refractivity contribution in [3.05, 3.63) is 0 Å². The lowest BCUT2D eigenvalue weighted by atomic mass is 10.0. The molecular weight excluding hydrogens is 433 g/mol. The van der Waals surface area contributed by atoms with Gasteiger partial charge in [0.05, 0.1) is 39.4 Å². The van der Waals surface area contributed by atoms with Gasteiger partial charge in [0.1, 0.15) is 0 Å². The SMILES string of the molecule is CCCCCCCCCCCCCCCCCCOP(=O)(O)OC1CCC[N+](C)(CC)CC1. The Hall–Kier alpha value is 0.0700. The van der Waals surface area contributed by atoms with Crippen LogP contribution in [0.2, 0.25) is 0 Å². The van der Waals surface area contributed by atoms with Crippen molar-refractivity contribution in [2.45, 2.75) is 142 Å². The minimum atomic E-state index is -3.93. The number of phosphoric acid groups is 1. The molecule has 1 N–H and O–H groups in total. The first kappa shape index (κ1) is 31.1. The topological polar surface area (TPSA) is 55.8 Å². The van der Waals surface area contributed by atoms with Crippen LogP contribution in [0.15, 0.2) is 0 Å². The zero-order valence-electron chi connectivity index (χ0n) is 22.4. The van der Waals surface area contributed by atoms with Gasteiger partial charge in [0.15, 0.2) is 0 Å². The van der Waals surface area contributed by atoms with Crippen LogP contribution in [-0.2, 0) is 13.6 Å². The molecule has 1 aliphatic heterocycles. The molecule has 6 heteroatoms. The van der Waals surface area contributed by atoms with E-state index in [4.69, 9.17) is 9.05 Å². The first-order valence-electron chi connectivity index (χ1n) is 14.4. The molecule has 1 saturated heterocycles. The van der Waals surface area contributed by atoms with Crippen LogP contribution in [0.25, 0.3) is 0 Å². The number of hydrogen-bond acceptors (Lipinski definition) is 3. The van der Waals surface area contributed by atoms with Crippen LogP contribution in [-0.4, -0.2) is 48.8 Å². The fourth-order valence-corrected chi connectivity index (χ4v) is 5.89. The molecule has 1 rings (SSSR count). The number of rotatable bonds is 21. The summed E-state index contributed by atoms with van der Waals surface area (Å²) in [6, 6.07) is 0. The van der Waals surface area contributed by atoms with E-state index in [9.17, 15) is 9.46 Å². The van der Waals surface area contributed by atoms with E-state index >= 15 is 0 Å². The Morgan fingerprint density at radius 2 is 1.24 bits per heavy atom. The normalized spacial score (nSPS) is 23.3. The predicted octanol–water partition coefficient (Wildman–Crippen LogP) is 8.40. The van der Waals surface area contributed by atoms with Gasteiger partial charge < -0.3 is 9.38 Å². The number of likely N-dealkylation sites (tertiary alicyclic amines) is 1. The van der Waals surface area contributed by atoms with Gasteiger partial charge in [-0.05, 0) is 26.2 Å². The van der Waals surface area contributed by atoms with Gasteiger partial charge in [0, 0.05) is 6.42 Å². The molecule has 5 nitrogen and oxygen atoms in total. The maximum atomic E-state index is 12.3. The first-order valence-corrected chi connectivity index (χ1v) is 15.9. The standard InChI is InChI=1S/C27H56NO4P/c1-4-6-7-8-9-10-11-12-13-14-15-16-17-18-19-20-26-31-33(29,30)32-27-22-21-24-28(3,5-2)25-23-27/h27H,4-26H2,1-3H3/p+1. The van der Waals surface area contributed by atoms with Crippen molar-refractivity contribution >= 4 is 7.82 Å². The Morgan fingerprint density at radius 1 is 0.758 bits per heavy atom. The van der Waals surface area contributed by atoms with Crippen LogP contribution in [0.4, 0.5) is 0 Å². The smallest absolute Gasteiger partial charge is 0.326 e. The zero-order valence-corrected chi connectivity index (χ0v) is 23.3. The second kappa shape index (κ2) is 19.3. The van der Waals surface area contributed by atoms with E-state index < -0.39 is 7.82 Å². The van der Waals surface area contributed by atoms with E-state index in [1.807, 2.05) is 0 Å². The van der Waals surface area contributed by atoms with Gasteiger partial charge in [0.25, 0.3) is 0 Å². The van der Waals surface area contributed by atoms with Gasteiger partial charge in [-0.25, -0.2) is 4.57 Å². The van der Waals surface area contributed by atoms with Crippen LogP contribution in [0.1, 0.15) is 136 Å². The summed E-state index contributed by atoms with van der Waals surface area (Å²) < 4.78 is 24.1. The Morgan fingerprint density at radius 3 is 1.73 bits per heavy atom. The highest BCUT2D eigenvalue weighted by molar-refractivity contribution is 7.47. The number of phosphoric ester groups is 1. The monoisotopic (exact) mass is 490 g/mol. The molecule has 0 aromatic carbocycles. The Kier molecular flexibility index (Phi) is 18.2. The molecule has 33 heavy (non-hydrogen) atoms. The second-order valence-electron chi connectivity index (χ2n) is 10.6. The van der Waals surface area contributed by atoms with E-state index in [1.165, 1.54) is 89.9 Å². The fourth-order valence-electron chi connectivity index (χ4n) is 4.88. The minimum absolute atomic E-state index is 0.155. The molecule has 198 valence electrons.